The lowest BCUT2D eigenvalue weighted by Crippen LogP contribution is -2.30. The zero-order chi connectivity index (χ0) is 13.7. The van der Waals surface area contributed by atoms with Crippen LogP contribution in [-0.4, -0.2) is 30.4 Å². The van der Waals surface area contributed by atoms with Gasteiger partial charge in [0.15, 0.2) is 0 Å². The molecule has 0 aromatic heterocycles. The average molecular weight is 281 g/mol. The lowest BCUT2D eigenvalue weighted by molar-refractivity contribution is -0.130. The fourth-order valence-electron chi connectivity index (χ4n) is 2.40. The van der Waals surface area contributed by atoms with Crippen LogP contribution in [0.4, 0.5) is 0 Å². The highest BCUT2D eigenvalue weighted by Gasteiger charge is 2.16. The minimum absolute atomic E-state index is 0.276. The molecule has 1 fully saturated rings. The molecule has 3 nitrogen and oxygen atoms in total. The molecule has 104 valence electrons. The van der Waals surface area contributed by atoms with Gasteiger partial charge in [0.05, 0.1) is 0 Å². The third-order valence-electron chi connectivity index (χ3n) is 3.59. The first-order valence-electron chi connectivity index (χ1n) is 6.90. The van der Waals surface area contributed by atoms with Crippen LogP contribution in [0.5, 0.6) is 0 Å². The Morgan fingerprint density at radius 3 is 2.79 bits per heavy atom. The maximum absolute atomic E-state index is 11.8. The van der Waals surface area contributed by atoms with E-state index in [1.165, 1.54) is 11.1 Å². The number of rotatable bonds is 5. The summed E-state index contributed by atoms with van der Waals surface area (Å²) < 4.78 is 0. The van der Waals surface area contributed by atoms with Crippen molar-refractivity contribution in [2.75, 3.05) is 19.6 Å². The number of aryl methyl sites for hydroxylation is 1. The van der Waals surface area contributed by atoms with Crippen LogP contribution in [0.2, 0.25) is 5.02 Å². The smallest absolute Gasteiger partial charge is 0.223 e. The Bertz CT molecular complexity index is 442. The summed E-state index contributed by atoms with van der Waals surface area (Å²) in [5.74, 6) is 0.276. The summed E-state index contributed by atoms with van der Waals surface area (Å²) in [6.07, 6.45) is 2.90. The Hall–Kier alpha value is -1.06. The second-order valence-electron chi connectivity index (χ2n) is 5.09. The summed E-state index contributed by atoms with van der Waals surface area (Å²) in [6.45, 7) is 5.45. The number of carbonyl (C=O) groups excluding carboxylic acids is 1. The van der Waals surface area contributed by atoms with Crippen molar-refractivity contribution in [2.45, 2.75) is 32.7 Å². The molecule has 0 atom stereocenters. The summed E-state index contributed by atoms with van der Waals surface area (Å²) in [5, 5.41) is 4.09. The molecule has 1 aliphatic heterocycles. The molecule has 1 N–H and O–H groups in total. The van der Waals surface area contributed by atoms with Crippen LogP contribution in [0.3, 0.4) is 0 Å². The molecule has 4 heteroatoms. The number of halogens is 1. The molecule has 1 heterocycles. The van der Waals surface area contributed by atoms with Crippen molar-refractivity contribution in [3.63, 3.8) is 0 Å². The lowest BCUT2D eigenvalue weighted by atomic mass is 10.1. The van der Waals surface area contributed by atoms with Gasteiger partial charge in [0, 0.05) is 37.6 Å². The first kappa shape index (κ1) is 14.4. The average Bonchev–Trinajstić information content (AvgIpc) is 2.90. The predicted molar refractivity (Wildman–Crippen MR) is 78.3 cm³/mol. The minimum atomic E-state index is 0.276. The highest BCUT2D eigenvalue weighted by atomic mass is 35.5. The molecule has 1 amide bonds. The summed E-state index contributed by atoms with van der Waals surface area (Å²) in [5.41, 5.74) is 2.42. The monoisotopic (exact) mass is 280 g/mol. The second-order valence-corrected chi connectivity index (χ2v) is 5.52. The van der Waals surface area contributed by atoms with E-state index in [-0.39, 0.29) is 5.91 Å². The van der Waals surface area contributed by atoms with Crippen molar-refractivity contribution in [1.29, 1.82) is 0 Å². The van der Waals surface area contributed by atoms with Gasteiger partial charge in [0.25, 0.3) is 0 Å². The SMILES string of the molecule is Cc1cc(Cl)ccc1CNCCC(=O)N1CCCC1. The third-order valence-corrected chi connectivity index (χ3v) is 3.83. The maximum Gasteiger partial charge on any atom is 0.223 e. The Balaban J connectivity index is 1.70. The van der Waals surface area contributed by atoms with Crippen molar-refractivity contribution < 1.29 is 4.79 Å². The molecule has 2 rings (SSSR count). The molecule has 19 heavy (non-hydrogen) atoms. The maximum atomic E-state index is 11.8. The van der Waals surface area contributed by atoms with E-state index in [0.29, 0.717) is 6.42 Å². The van der Waals surface area contributed by atoms with E-state index in [4.69, 9.17) is 11.6 Å². The van der Waals surface area contributed by atoms with E-state index in [0.717, 1.165) is 44.0 Å². The predicted octanol–water partition coefficient (Wildman–Crippen LogP) is 2.75. The van der Waals surface area contributed by atoms with Crippen LogP contribution in [0, 0.1) is 6.92 Å². The summed E-state index contributed by atoms with van der Waals surface area (Å²) >= 11 is 5.92. The quantitative estimate of drug-likeness (QED) is 0.841. The first-order valence-corrected chi connectivity index (χ1v) is 7.28. The van der Waals surface area contributed by atoms with Gasteiger partial charge in [-0.15, -0.1) is 0 Å². The van der Waals surface area contributed by atoms with Crippen LogP contribution < -0.4 is 5.32 Å². The van der Waals surface area contributed by atoms with Crippen LogP contribution in [-0.2, 0) is 11.3 Å². The fraction of sp³-hybridized carbons (Fsp3) is 0.533. The van der Waals surface area contributed by atoms with Crippen LogP contribution in [0.1, 0.15) is 30.4 Å². The Labute approximate surface area is 119 Å². The van der Waals surface area contributed by atoms with Crippen LogP contribution in [0.15, 0.2) is 18.2 Å². The summed E-state index contributed by atoms with van der Waals surface area (Å²) in [7, 11) is 0. The fourth-order valence-corrected chi connectivity index (χ4v) is 2.63. The van der Waals surface area contributed by atoms with E-state index in [2.05, 4.69) is 12.2 Å². The molecule has 0 unspecified atom stereocenters. The molecule has 1 saturated heterocycles. The number of hydrogen-bond donors (Lipinski definition) is 1. The molecule has 0 radical (unpaired) electrons. The van der Waals surface area contributed by atoms with Crippen molar-refractivity contribution >= 4 is 17.5 Å². The highest BCUT2D eigenvalue weighted by Crippen LogP contribution is 2.15. The van der Waals surface area contributed by atoms with Crippen molar-refractivity contribution in [3.8, 4) is 0 Å². The zero-order valence-corrected chi connectivity index (χ0v) is 12.2. The topological polar surface area (TPSA) is 32.3 Å². The first-order chi connectivity index (χ1) is 9.16. The number of carbonyl (C=O) groups is 1. The number of nitrogens with zero attached hydrogens (tertiary/aromatic N) is 1. The Kier molecular flexibility index (Phi) is 5.23. The standard InChI is InChI=1S/C15H21ClN2O/c1-12-10-14(16)5-4-13(12)11-17-7-6-15(19)18-8-2-3-9-18/h4-5,10,17H,2-3,6-9,11H2,1H3. The van der Waals surface area contributed by atoms with E-state index in [9.17, 15) is 4.79 Å². The number of amides is 1. The molecular weight excluding hydrogens is 260 g/mol. The van der Waals surface area contributed by atoms with Gasteiger partial charge in [-0.25, -0.2) is 0 Å². The number of hydrogen-bond acceptors (Lipinski definition) is 2. The lowest BCUT2D eigenvalue weighted by Gasteiger charge is -2.15. The van der Waals surface area contributed by atoms with Crippen LogP contribution in [0.25, 0.3) is 0 Å². The third kappa shape index (κ3) is 4.22. The number of benzene rings is 1. The molecule has 1 aromatic rings. The van der Waals surface area contributed by atoms with Gasteiger partial charge in [0.2, 0.25) is 5.91 Å². The van der Waals surface area contributed by atoms with E-state index >= 15 is 0 Å². The molecule has 1 aromatic carbocycles. The molecule has 0 spiro atoms. The van der Waals surface area contributed by atoms with E-state index in [1.54, 1.807) is 0 Å². The number of nitrogens with one attached hydrogen (secondary N) is 1. The normalized spacial score (nSPS) is 14.9. The van der Waals surface area contributed by atoms with E-state index in [1.807, 2.05) is 23.1 Å². The van der Waals surface area contributed by atoms with Gasteiger partial charge in [-0.3, -0.25) is 4.79 Å². The molecule has 0 saturated carbocycles. The van der Waals surface area contributed by atoms with Gasteiger partial charge >= 0.3 is 0 Å². The van der Waals surface area contributed by atoms with Crippen molar-refractivity contribution in [2.24, 2.45) is 0 Å². The minimum Gasteiger partial charge on any atom is -0.343 e. The Morgan fingerprint density at radius 1 is 1.37 bits per heavy atom. The highest BCUT2D eigenvalue weighted by molar-refractivity contribution is 6.30. The zero-order valence-electron chi connectivity index (χ0n) is 11.4. The van der Waals surface area contributed by atoms with Crippen molar-refractivity contribution in [3.05, 3.63) is 34.3 Å². The Morgan fingerprint density at radius 2 is 2.11 bits per heavy atom. The van der Waals surface area contributed by atoms with Gasteiger partial charge in [-0.1, -0.05) is 17.7 Å². The summed E-state index contributed by atoms with van der Waals surface area (Å²) in [4.78, 5) is 13.8. The van der Waals surface area contributed by atoms with Gasteiger partial charge in [-0.05, 0) is 43.0 Å². The largest absolute Gasteiger partial charge is 0.343 e. The molecular formula is C15H21ClN2O. The summed E-state index contributed by atoms with van der Waals surface area (Å²) in [6, 6.07) is 5.90. The molecule has 0 aliphatic carbocycles. The van der Waals surface area contributed by atoms with E-state index < -0.39 is 0 Å². The van der Waals surface area contributed by atoms with Gasteiger partial charge < -0.3 is 10.2 Å². The van der Waals surface area contributed by atoms with Gasteiger partial charge in [-0.2, -0.15) is 0 Å². The second kappa shape index (κ2) is 6.92. The molecule has 1 aliphatic rings. The van der Waals surface area contributed by atoms with Crippen LogP contribution >= 0.6 is 11.6 Å². The van der Waals surface area contributed by atoms with Crippen molar-refractivity contribution in [1.82, 2.24) is 10.2 Å². The van der Waals surface area contributed by atoms with Gasteiger partial charge in [0.1, 0.15) is 0 Å². The molecule has 0 bridgehead atoms. The number of likely N-dealkylation sites (tertiary alicyclic amines) is 1.